The number of hydrogen-bond acceptors (Lipinski definition) is 3. The number of aliphatic carboxylic acids is 1. The van der Waals surface area contributed by atoms with Crippen molar-refractivity contribution in [3.8, 4) is 0 Å². The lowest BCUT2D eigenvalue weighted by Gasteiger charge is -1.99. The number of hydrogen-bond donors (Lipinski definition) is 1. The summed E-state index contributed by atoms with van der Waals surface area (Å²) in [4.78, 5) is 22.8. The van der Waals surface area contributed by atoms with Crippen LogP contribution in [0.25, 0.3) is 5.53 Å². The molecule has 0 fully saturated rings. The summed E-state index contributed by atoms with van der Waals surface area (Å²) in [5.74, 6) is -1.22. The monoisotopic (exact) mass is 171 g/mol. The molecular weight excluding hydrogens is 162 g/mol. The SMILES string of the molecule is [N-]=[N+]=CCCC[C@@H](N=O)C(=O)O. The van der Waals surface area contributed by atoms with Gasteiger partial charge < -0.3 is 10.6 Å². The van der Waals surface area contributed by atoms with Gasteiger partial charge in [-0.05, 0) is 12.8 Å². The first-order chi connectivity index (χ1) is 5.72. The topological polar surface area (TPSA) is 103 Å². The lowest BCUT2D eigenvalue weighted by molar-refractivity contribution is -0.138. The molecule has 0 rings (SSSR count). The van der Waals surface area contributed by atoms with Gasteiger partial charge in [-0.2, -0.15) is 4.79 Å². The predicted molar refractivity (Wildman–Crippen MR) is 40.8 cm³/mol. The number of carbonyl (C=O) groups is 1. The molecule has 0 spiro atoms. The number of unbranched alkanes of at least 4 members (excludes halogenated alkanes) is 1. The lowest BCUT2D eigenvalue weighted by Crippen LogP contribution is -2.16. The van der Waals surface area contributed by atoms with Gasteiger partial charge in [-0.15, -0.1) is 4.91 Å². The van der Waals surface area contributed by atoms with Gasteiger partial charge in [-0.3, -0.25) is 0 Å². The third-order valence-electron chi connectivity index (χ3n) is 1.30. The van der Waals surface area contributed by atoms with Gasteiger partial charge >= 0.3 is 5.97 Å². The fraction of sp³-hybridized carbons (Fsp3) is 0.667. The second kappa shape index (κ2) is 6.18. The van der Waals surface area contributed by atoms with Gasteiger partial charge in [0.1, 0.15) is 0 Å². The van der Waals surface area contributed by atoms with Crippen LogP contribution in [-0.4, -0.2) is 28.1 Å². The predicted octanol–water partition coefficient (Wildman–Crippen LogP) is 0.677. The second-order valence-corrected chi connectivity index (χ2v) is 2.19. The quantitative estimate of drug-likeness (QED) is 0.209. The molecule has 0 bridgehead atoms. The van der Waals surface area contributed by atoms with Crippen LogP contribution in [0.1, 0.15) is 19.3 Å². The van der Waals surface area contributed by atoms with Crippen molar-refractivity contribution in [3.63, 3.8) is 0 Å². The van der Waals surface area contributed by atoms with Crippen LogP contribution >= 0.6 is 0 Å². The van der Waals surface area contributed by atoms with E-state index in [-0.39, 0.29) is 6.42 Å². The maximum atomic E-state index is 10.2. The summed E-state index contributed by atoms with van der Waals surface area (Å²) in [6, 6.07) is -1.18. The van der Waals surface area contributed by atoms with E-state index in [1.54, 1.807) is 0 Å². The van der Waals surface area contributed by atoms with E-state index in [1.165, 1.54) is 6.21 Å². The van der Waals surface area contributed by atoms with Crippen molar-refractivity contribution in [2.75, 3.05) is 0 Å². The van der Waals surface area contributed by atoms with Crippen molar-refractivity contribution < 1.29 is 14.7 Å². The Morgan fingerprint density at radius 2 is 2.42 bits per heavy atom. The van der Waals surface area contributed by atoms with E-state index < -0.39 is 12.0 Å². The van der Waals surface area contributed by atoms with Crippen LogP contribution < -0.4 is 0 Å². The summed E-state index contributed by atoms with van der Waals surface area (Å²) in [7, 11) is 0. The van der Waals surface area contributed by atoms with Gasteiger partial charge in [-0.1, -0.05) is 5.18 Å². The molecule has 0 saturated carbocycles. The molecule has 0 amide bonds. The van der Waals surface area contributed by atoms with Crippen LogP contribution in [0.3, 0.4) is 0 Å². The Morgan fingerprint density at radius 3 is 2.83 bits per heavy atom. The van der Waals surface area contributed by atoms with Gasteiger partial charge in [0.25, 0.3) is 6.21 Å². The number of carboxylic acids is 1. The minimum atomic E-state index is -1.22. The molecule has 6 nitrogen and oxygen atoms in total. The average Bonchev–Trinajstić information content (AvgIpc) is 2.04. The number of nitrogens with zero attached hydrogens (tertiary/aromatic N) is 3. The summed E-state index contributed by atoms with van der Waals surface area (Å²) in [6.45, 7) is 0. The molecule has 1 atom stereocenters. The molecule has 0 aromatic carbocycles. The van der Waals surface area contributed by atoms with Crippen LogP contribution in [0.2, 0.25) is 0 Å². The van der Waals surface area contributed by atoms with E-state index in [1.807, 2.05) is 0 Å². The molecule has 0 saturated heterocycles. The molecule has 0 aromatic heterocycles. The molecule has 12 heavy (non-hydrogen) atoms. The first-order valence-corrected chi connectivity index (χ1v) is 3.43. The molecule has 0 unspecified atom stereocenters. The zero-order chi connectivity index (χ0) is 9.40. The van der Waals surface area contributed by atoms with Gasteiger partial charge in [0.05, 0.1) is 0 Å². The molecule has 0 radical (unpaired) electrons. The summed E-state index contributed by atoms with van der Waals surface area (Å²) >= 11 is 0. The van der Waals surface area contributed by atoms with E-state index in [0.29, 0.717) is 12.8 Å². The Balaban J connectivity index is 3.65. The van der Waals surface area contributed by atoms with Crippen LogP contribution in [-0.2, 0) is 4.79 Å². The average molecular weight is 171 g/mol. The van der Waals surface area contributed by atoms with Gasteiger partial charge in [-0.25, -0.2) is 4.79 Å². The fourth-order valence-corrected chi connectivity index (χ4v) is 0.681. The highest BCUT2D eigenvalue weighted by Gasteiger charge is 2.16. The fourth-order valence-electron chi connectivity index (χ4n) is 0.681. The Hall–Kier alpha value is -1.55. The molecule has 0 heterocycles. The van der Waals surface area contributed by atoms with E-state index in [0.717, 1.165) is 0 Å². The highest BCUT2D eigenvalue weighted by atomic mass is 16.4. The van der Waals surface area contributed by atoms with Gasteiger partial charge in [0.15, 0.2) is 6.04 Å². The largest absolute Gasteiger partial charge is 0.480 e. The molecular formula is C6H9N3O3. The summed E-state index contributed by atoms with van der Waals surface area (Å²) in [6.07, 6.45) is 2.32. The molecule has 0 aliphatic carbocycles. The molecule has 66 valence electrons. The van der Waals surface area contributed by atoms with E-state index >= 15 is 0 Å². The Morgan fingerprint density at radius 1 is 1.75 bits per heavy atom. The van der Waals surface area contributed by atoms with Crippen molar-refractivity contribution >= 4 is 12.2 Å². The minimum absolute atomic E-state index is 0.171. The van der Waals surface area contributed by atoms with Crippen LogP contribution in [0, 0.1) is 4.91 Å². The zero-order valence-corrected chi connectivity index (χ0v) is 6.38. The third-order valence-corrected chi connectivity index (χ3v) is 1.30. The first kappa shape index (κ1) is 10.4. The van der Waals surface area contributed by atoms with Gasteiger partial charge in [0.2, 0.25) is 0 Å². The summed E-state index contributed by atoms with van der Waals surface area (Å²) in [5, 5.41) is 10.8. The highest BCUT2D eigenvalue weighted by molar-refractivity contribution is 5.73. The maximum absolute atomic E-state index is 10.2. The summed E-state index contributed by atoms with van der Waals surface area (Å²) in [5.41, 5.74) is 7.97. The van der Waals surface area contributed by atoms with E-state index in [2.05, 4.69) is 9.97 Å². The van der Waals surface area contributed by atoms with Crippen LogP contribution in [0.5, 0.6) is 0 Å². The van der Waals surface area contributed by atoms with Gasteiger partial charge in [0, 0.05) is 6.42 Å². The molecule has 6 heteroatoms. The molecule has 0 aliphatic rings. The number of nitroso groups, excluding NO2 is 1. The number of rotatable bonds is 6. The lowest BCUT2D eigenvalue weighted by atomic mass is 10.1. The summed E-state index contributed by atoms with van der Waals surface area (Å²) < 4.78 is 0. The van der Waals surface area contributed by atoms with Crippen molar-refractivity contribution in [1.29, 1.82) is 0 Å². The Kier molecular flexibility index (Phi) is 5.38. The molecule has 1 N–H and O–H groups in total. The normalized spacial score (nSPS) is 11.3. The zero-order valence-electron chi connectivity index (χ0n) is 6.38. The van der Waals surface area contributed by atoms with Crippen molar-refractivity contribution in [1.82, 2.24) is 0 Å². The van der Waals surface area contributed by atoms with Crippen LogP contribution in [0.15, 0.2) is 5.18 Å². The number of carboxylic acid groups (broad SMARTS) is 1. The van der Waals surface area contributed by atoms with E-state index in [4.69, 9.17) is 10.6 Å². The molecule has 0 aliphatic heterocycles. The highest BCUT2D eigenvalue weighted by Crippen LogP contribution is 2.03. The minimum Gasteiger partial charge on any atom is -0.480 e. The van der Waals surface area contributed by atoms with Crippen molar-refractivity contribution in [3.05, 3.63) is 10.4 Å². The third kappa shape index (κ3) is 4.29. The van der Waals surface area contributed by atoms with Crippen molar-refractivity contribution in [2.24, 2.45) is 5.18 Å². The standard InChI is InChI=1S/C6H9N3O3/c7-8-4-2-1-3-5(9-12)6(10)11/h4-5H,1-3H2,(H,10,11)/t5-/m1/s1. The maximum Gasteiger partial charge on any atom is 0.332 e. The Bertz CT molecular complexity index is 210. The molecule has 0 aromatic rings. The second-order valence-electron chi connectivity index (χ2n) is 2.19. The Labute approximate surface area is 68.8 Å². The first-order valence-electron chi connectivity index (χ1n) is 3.43. The van der Waals surface area contributed by atoms with Crippen LogP contribution in [0.4, 0.5) is 0 Å². The smallest absolute Gasteiger partial charge is 0.332 e. The van der Waals surface area contributed by atoms with E-state index in [9.17, 15) is 9.70 Å². The van der Waals surface area contributed by atoms with Crippen molar-refractivity contribution in [2.45, 2.75) is 25.3 Å².